The fourth-order valence-electron chi connectivity index (χ4n) is 5.23. The molecule has 1 atom stereocenters. The van der Waals surface area contributed by atoms with Crippen LogP contribution in [0.25, 0.3) is 22.2 Å². The molecule has 4 heterocycles. The zero-order valence-corrected chi connectivity index (χ0v) is 23.1. The van der Waals surface area contributed by atoms with Gasteiger partial charge in [-0.1, -0.05) is 36.2 Å². The van der Waals surface area contributed by atoms with E-state index in [1.165, 1.54) is 6.26 Å². The number of hydrogen-bond acceptors (Lipinski definition) is 8. The molecule has 1 fully saturated rings. The van der Waals surface area contributed by atoms with Gasteiger partial charge in [-0.05, 0) is 58.0 Å². The number of methoxy groups -OCH3 is 1. The van der Waals surface area contributed by atoms with E-state index in [1.54, 1.807) is 19.4 Å². The van der Waals surface area contributed by atoms with Crippen LogP contribution in [0.15, 0.2) is 53.4 Å². The molecule has 0 bridgehead atoms. The van der Waals surface area contributed by atoms with Gasteiger partial charge >= 0.3 is 0 Å². The van der Waals surface area contributed by atoms with E-state index in [0.29, 0.717) is 30.2 Å². The van der Waals surface area contributed by atoms with Gasteiger partial charge in [0.25, 0.3) is 0 Å². The summed E-state index contributed by atoms with van der Waals surface area (Å²) in [7, 11) is 3.69. The number of benzene rings is 1. The predicted octanol–water partition coefficient (Wildman–Crippen LogP) is 4.95. The van der Waals surface area contributed by atoms with Crippen LogP contribution in [0.5, 0.6) is 5.88 Å². The highest BCUT2D eigenvalue weighted by Gasteiger charge is 2.27. The third-order valence-electron chi connectivity index (χ3n) is 7.62. The number of Topliss-reactive ketones (excluding diaryl/α,β-unsaturated/α-hetero) is 1. The lowest BCUT2D eigenvalue weighted by molar-refractivity contribution is -0.127. The maximum Gasteiger partial charge on any atom is 0.223 e. The van der Waals surface area contributed by atoms with Crippen LogP contribution in [0.2, 0.25) is 0 Å². The Morgan fingerprint density at radius 1 is 1.18 bits per heavy atom. The van der Waals surface area contributed by atoms with Crippen molar-refractivity contribution < 1.29 is 18.8 Å². The minimum absolute atomic E-state index is 0.00186. The SMILES string of the molecule is COc1nc2ccccc2cc1-c1cnc([C@H](CCCCCC(=O)c2ccon2)NC(=O)C2CCN(C)CC2)[nH]1. The van der Waals surface area contributed by atoms with Gasteiger partial charge in [-0.15, -0.1) is 0 Å². The fourth-order valence-corrected chi connectivity index (χ4v) is 5.23. The quantitative estimate of drug-likeness (QED) is 0.189. The molecule has 10 nitrogen and oxygen atoms in total. The molecule has 0 radical (unpaired) electrons. The summed E-state index contributed by atoms with van der Waals surface area (Å²) in [5.41, 5.74) is 2.81. The number of ether oxygens (including phenoxy) is 1. The summed E-state index contributed by atoms with van der Waals surface area (Å²) in [6, 6.07) is 11.2. The Morgan fingerprint density at radius 2 is 2.00 bits per heavy atom. The molecule has 5 rings (SSSR count). The maximum atomic E-state index is 13.3. The summed E-state index contributed by atoms with van der Waals surface area (Å²) in [6.45, 7) is 1.84. The second-order valence-corrected chi connectivity index (χ2v) is 10.5. The lowest BCUT2D eigenvalue weighted by atomic mass is 9.95. The van der Waals surface area contributed by atoms with Gasteiger partial charge in [0.15, 0.2) is 5.78 Å². The Bertz CT molecular complexity index is 1430. The van der Waals surface area contributed by atoms with Gasteiger partial charge < -0.3 is 24.5 Å². The molecule has 1 amide bonds. The Balaban J connectivity index is 1.29. The molecule has 0 aliphatic carbocycles. The van der Waals surface area contributed by atoms with Gasteiger partial charge in [0.05, 0.1) is 36.1 Å². The number of amides is 1. The molecule has 1 aliphatic rings. The van der Waals surface area contributed by atoms with E-state index < -0.39 is 0 Å². The number of carbonyl (C=O) groups is 2. The number of rotatable bonds is 12. The van der Waals surface area contributed by atoms with Crippen molar-refractivity contribution in [1.29, 1.82) is 0 Å². The largest absolute Gasteiger partial charge is 0.480 e. The first kappa shape index (κ1) is 27.5. The van der Waals surface area contributed by atoms with Crippen molar-refractivity contribution >= 4 is 22.6 Å². The smallest absolute Gasteiger partial charge is 0.223 e. The third kappa shape index (κ3) is 6.56. The van der Waals surface area contributed by atoms with Crippen LogP contribution in [0.4, 0.5) is 0 Å². The molecular formula is C30H36N6O4. The zero-order chi connectivity index (χ0) is 27.9. The van der Waals surface area contributed by atoms with E-state index in [1.807, 2.05) is 30.3 Å². The van der Waals surface area contributed by atoms with E-state index in [0.717, 1.165) is 67.4 Å². The molecular weight excluding hydrogens is 508 g/mol. The van der Waals surface area contributed by atoms with Gasteiger partial charge in [0, 0.05) is 23.8 Å². The summed E-state index contributed by atoms with van der Waals surface area (Å²) in [5, 5.41) is 8.00. The normalized spacial score (nSPS) is 15.2. The molecule has 0 saturated carbocycles. The number of nitrogens with zero attached hydrogens (tertiary/aromatic N) is 4. The molecule has 1 saturated heterocycles. The van der Waals surface area contributed by atoms with Crippen molar-refractivity contribution in [2.24, 2.45) is 5.92 Å². The average Bonchev–Trinajstić information content (AvgIpc) is 3.69. The van der Waals surface area contributed by atoms with Crippen LogP contribution < -0.4 is 10.1 Å². The Kier molecular flexibility index (Phi) is 8.85. The standard InChI is InChI=1S/C30H36N6O4/c1-36-15-12-20(13-16-36)29(38)33-25(10-4-3-5-11-27(37)24-14-17-40-35-24)28-31-19-26(32-28)22-18-21-8-6-7-9-23(21)34-30(22)39-2/h6-9,14,17-20,25H,3-5,10-13,15-16H2,1-2H3,(H,31,32)(H,33,38)/t25-/m0/s1. The van der Waals surface area contributed by atoms with E-state index in [9.17, 15) is 9.59 Å². The topological polar surface area (TPSA) is 126 Å². The molecule has 10 heteroatoms. The van der Waals surface area contributed by atoms with Crippen molar-refractivity contribution in [1.82, 2.24) is 30.3 Å². The number of aromatic nitrogens is 4. The number of para-hydroxylation sites is 1. The van der Waals surface area contributed by atoms with Crippen LogP contribution in [-0.2, 0) is 4.79 Å². The predicted molar refractivity (Wildman–Crippen MR) is 151 cm³/mol. The highest BCUT2D eigenvalue weighted by molar-refractivity contribution is 5.93. The van der Waals surface area contributed by atoms with Crippen LogP contribution in [0.3, 0.4) is 0 Å². The van der Waals surface area contributed by atoms with Gasteiger partial charge in [0.1, 0.15) is 17.8 Å². The lowest BCUT2D eigenvalue weighted by Gasteiger charge is -2.29. The third-order valence-corrected chi connectivity index (χ3v) is 7.62. The molecule has 0 spiro atoms. The Labute approximate surface area is 233 Å². The van der Waals surface area contributed by atoms with Gasteiger partial charge in [-0.3, -0.25) is 9.59 Å². The zero-order valence-electron chi connectivity index (χ0n) is 23.1. The monoisotopic (exact) mass is 544 g/mol. The highest BCUT2D eigenvalue weighted by atomic mass is 16.5. The summed E-state index contributed by atoms with van der Waals surface area (Å²) in [5.74, 6) is 1.26. The number of ketones is 1. The van der Waals surface area contributed by atoms with Crippen LogP contribution in [0, 0.1) is 5.92 Å². The molecule has 4 aromatic rings. The molecule has 210 valence electrons. The number of hydrogen-bond donors (Lipinski definition) is 2. The number of piperidine rings is 1. The fraction of sp³-hybridized carbons (Fsp3) is 0.433. The summed E-state index contributed by atoms with van der Waals surface area (Å²) >= 11 is 0. The molecule has 1 aromatic carbocycles. The second-order valence-electron chi connectivity index (χ2n) is 10.5. The molecule has 40 heavy (non-hydrogen) atoms. The van der Waals surface area contributed by atoms with E-state index in [2.05, 4.69) is 37.4 Å². The number of imidazole rings is 1. The molecule has 0 unspecified atom stereocenters. The van der Waals surface area contributed by atoms with Crippen molar-refractivity contribution in [3.63, 3.8) is 0 Å². The summed E-state index contributed by atoms with van der Waals surface area (Å²) in [6.07, 6.45) is 8.42. The molecule has 2 N–H and O–H groups in total. The number of H-pyrrole nitrogens is 1. The van der Waals surface area contributed by atoms with Crippen molar-refractivity contribution in [2.75, 3.05) is 27.2 Å². The van der Waals surface area contributed by atoms with E-state index >= 15 is 0 Å². The number of aromatic amines is 1. The average molecular weight is 545 g/mol. The lowest BCUT2D eigenvalue weighted by Crippen LogP contribution is -2.40. The first-order chi connectivity index (χ1) is 19.5. The van der Waals surface area contributed by atoms with E-state index in [-0.39, 0.29) is 23.7 Å². The Hall–Kier alpha value is -4.05. The van der Waals surface area contributed by atoms with Crippen LogP contribution in [-0.4, -0.2) is 63.9 Å². The maximum absolute atomic E-state index is 13.3. The minimum Gasteiger partial charge on any atom is -0.480 e. The Morgan fingerprint density at radius 3 is 2.77 bits per heavy atom. The number of likely N-dealkylation sites (tertiary alicyclic amines) is 1. The number of unbranched alkanes of at least 4 members (excludes halogenated alkanes) is 2. The van der Waals surface area contributed by atoms with Gasteiger partial charge in [0.2, 0.25) is 11.8 Å². The number of carbonyl (C=O) groups excluding carboxylic acids is 2. The number of fused-ring (bicyclic) bond motifs is 1. The van der Waals surface area contributed by atoms with Gasteiger partial charge in [-0.2, -0.15) is 0 Å². The minimum atomic E-state index is -0.272. The molecule has 1 aliphatic heterocycles. The highest BCUT2D eigenvalue weighted by Crippen LogP contribution is 2.32. The van der Waals surface area contributed by atoms with Crippen molar-refractivity contribution in [2.45, 2.75) is 51.0 Å². The van der Waals surface area contributed by atoms with Crippen molar-refractivity contribution in [3.05, 3.63) is 60.4 Å². The second kappa shape index (κ2) is 12.9. The van der Waals surface area contributed by atoms with Crippen LogP contribution in [0.1, 0.15) is 67.3 Å². The number of nitrogens with one attached hydrogen (secondary N) is 2. The first-order valence-corrected chi connectivity index (χ1v) is 13.9. The van der Waals surface area contributed by atoms with Gasteiger partial charge in [-0.25, -0.2) is 9.97 Å². The number of pyridine rings is 1. The summed E-state index contributed by atoms with van der Waals surface area (Å²) in [4.78, 5) is 40.5. The summed E-state index contributed by atoms with van der Waals surface area (Å²) < 4.78 is 10.4. The van der Waals surface area contributed by atoms with Crippen molar-refractivity contribution in [3.8, 4) is 17.1 Å². The molecule has 3 aromatic heterocycles. The van der Waals surface area contributed by atoms with E-state index in [4.69, 9.17) is 9.26 Å². The first-order valence-electron chi connectivity index (χ1n) is 13.9. The van der Waals surface area contributed by atoms with Crippen LogP contribution >= 0.6 is 0 Å².